The van der Waals surface area contributed by atoms with Crippen LogP contribution in [-0.4, -0.2) is 18.1 Å². The lowest BCUT2D eigenvalue weighted by molar-refractivity contribution is -0.118. The van der Waals surface area contributed by atoms with E-state index in [9.17, 15) is 13.6 Å². The first kappa shape index (κ1) is 10.9. The summed E-state index contributed by atoms with van der Waals surface area (Å²) in [5.41, 5.74) is -0.793. The highest BCUT2D eigenvalue weighted by atomic mass is 35.5. The summed E-state index contributed by atoms with van der Waals surface area (Å²) in [6, 6.07) is 0. The van der Waals surface area contributed by atoms with E-state index in [1.54, 1.807) is 0 Å². The molecule has 76 valence electrons. The molecule has 0 saturated heterocycles. The Morgan fingerprint density at radius 3 is 2.46 bits per heavy atom. The first-order valence-electron chi connectivity index (χ1n) is 4.44. The lowest BCUT2D eigenvalue weighted by atomic mass is 9.83. The van der Waals surface area contributed by atoms with E-state index in [1.807, 2.05) is 0 Å². The van der Waals surface area contributed by atoms with Gasteiger partial charge in [0.05, 0.1) is 0 Å². The van der Waals surface area contributed by atoms with Crippen LogP contribution in [-0.2, 0) is 4.79 Å². The van der Waals surface area contributed by atoms with Crippen molar-refractivity contribution in [3.63, 3.8) is 0 Å². The summed E-state index contributed by atoms with van der Waals surface area (Å²) in [5, 5.41) is 0. The molecule has 1 atom stereocenters. The highest BCUT2D eigenvalue weighted by Gasteiger charge is 2.48. The second-order valence-electron chi connectivity index (χ2n) is 3.81. The Labute approximate surface area is 81.4 Å². The fourth-order valence-corrected chi connectivity index (χ4v) is 2.05. The van der Waals surface area contributed by atoms with Crippen molar-refractivity contribution in [2.45, 2.75) is 38.0 Å². The smallest absolute Gasteiger partial charge is 0.249 e. The second-order valence-corrected chi connectivity index (χ2v) is 4.18. The minimum absolute atomic E-state index is 0.159. The van der Waals surface area contributed by atoms with E-state index in [0.717, 1.165) is 0 Å². The monoisotopic (exact) mass is 210 g/mol. The molecule has 1 aliphatic rings. The van der Waals surface area contributed by atoms with Gasteiger partial charge in [-0.15, -0.1) is 11.6 Å². The van der Waals surface area contributed by atoms with Gasteiger partial charge in [-0.25, -0.2) is 8.78 Å². The van der Waals surface area contributed by atoms with Gasteiger partial charge in [0.2, 0.25) is 5.92 Å². The van der Waals surface area contributed by atoms with Crippen molar-refractivity contribution < 1.29 is 13.6 Å². The van der Waals surface area contributed by atoms with Crippen molar-refractivity contribution >= 4 is 17.9 Å². The SMILES string of the molecule is O=CC1(CCCCl)CCC(F)(F)C1. The van der Waals surface area contributed by atoms with Crippen LogP contribution in [0.3, 0.4) is 0 Å². The van der Waals surface area contributed by atoms with Gasteiger partial charge in [-0.2, -0.15) is 0 Å². The van der Waals surface area contributed by atoms with Crippen LogP contribution in [0.1, 0.15) is 32.1 Å². The van der Waals surface area contributed by atoms with Crippen molar-refractivity contribution in [3.05, 3.63) is 0 Å². The fourth-order valence-electron chi connectivity index (χ4n) is 1.92. The van der Waals surface area contributed by atoms with Gasteiger partial charge >= 0.3 is 0 Å². The van der Waals surface area contributed by atoms with Crippen molar-refractivity contribution in [3.8, 4) is 0 Å². The van der Waals surface area contributed by atoms with Crippen LogP contribution in [0.4, 0.5) is 8.78 Å². The Bertz CT molecular complexity index is 196. The molecule has 0 N–H and O–H groups in total. The average molecular weight is 211 g/mol. The van der Waals surface area contributed by atoms with Crippen molar-refractivity contribution in [1.29, 1.82) is 0 Å². The van der Waals surface area contributed by atoms with Crippen LogP contribution in [0.5, 0.6) is 0 Å². The highest BCUT2D eigenvalue weighted by molar-refractivity contribution is 6.17. The van der Waals surface area contributed by atoms with Gasteiger partial charge in [0.15, 0.2) is 0 Å². The number of hydrogen-bond acceptors (Lipinski definition) is 1. The van der Waals surface area contributed by atoms with Crippen LogP contribution in [0.15, 0.2) is 0 Å². The number of halogens is 3. The first-order valence-corrected chi connectivity index (χ1v) is 4.97. The maximum absolute atomic E-state index is 12.9. The predicted octanol–water partition coefficient (Wildman–Crippen LogP) is 3.01. The van der Waals surface area contributed by atoms with Crippen LogP contribution < -0.4 is 0 Å². The Hall–Kier alpha value is -0.180. The lowest BCUT2D eigenvalue weighted by Crippen LogP contribution is -2.22. The number of alkyl halides is 3. The van der Waals surface area contributed by atoms with Crippen LogP contribution in [0.25, 0.3) is 0 Å². The molecule has 0 heterocycles. The molecule has 0 bridgehead atoms. The molecule has 0 spiro atoms. The summed E-state index contributed by atoms with van der Waals surface area (Å²) in [4.78, 5) is 10.7. The highest BCUT2D eigenvalue weighted by Crippen LogP contribution is 2.48. The zero-order valence-electron chi connectivity index (χ0n) is 7.36. The normalized spacial score (nSPS) is 31.9. The summed E-state index contributed by atoms with van der Waals surface area (Å²) in [6.07, 6.45) is 1.68. The molecule has 0 aromatic carbocycles. The van der Waals surface area contributed by atoms with E-state index in [1.165, 1.54) is 0 Å². The zero-order valence-corrected chi connectivity index (χ0v) is 8.12. The Balaban J connectivity index is 2.57. The lowest BCUT2D eigenvalue weighted by Gasteiger charge is -2.21. The standard InChI is InChI=1S/C9H13ClF2O/c10-5-1-2-8(7-13)3-4-9(11,12)6-8/h7H,1-6H2. The molecular weight excluding hydrogens is 198 g/mol. The molecule has 13 heavy (non-hydrogen) atoms. The molecule has 1 aliphatic carbocycles. The van der Waals surface area contributed by atoms with E-state index in [-0.39, 0.29) is 12.8 Å². The Morgan fingerprint density at radius 2 is 2.08 bits per heavy atom. The molecule has 0 radical (unpaired) electrons. The summed E-state index contributed by atoms with van der Waals surface area (Å²) in [7, 11) is 0. The van der Waals surface area contributed by atoms with Crippen LogP contribution in [0.2, 0.25) is 0 Å². The molecule has 1 fully saturated rings. The minimum atomic E-state index is -2.65. The van der Waals surface area contributed by atoms with Gasteiger partial charge in [0.1, 0.15) is 6.29 Å². The summed E-state index contributed by atoms with van der Waals surface area (Å²) >= 11 is 5.47. The second kappa shape index (κ2) is 3.91. The van der Waals surface area contributed by atoms with E-state index >= 15 is 0 Å². The van der Waals surface area contributed by atoms with E-state index in [0.29, 0.717) is 31.4 Å². The largest absolute Gasteiger partial charge is 0.303 e. The molecule has 1 saturated carbocycles. The Kier molecular flexibility index (Phi) is 3.28. The van der Waals surface area contributed by atoms with Crippen LogP contribution >= 0.6 is 11.6 Å². The third-order valence-electron chi connectivity index (χ3n) is 2.66. The van der Waals surface area contributed by atoms with Crippen LogP contribution in [0, 0.1) is 5.41 Å². The van der Waals surface area contributed by atoms with Crippen molar-refractivity contribution in [1.82, 2.24) is 0 Å². The van der Waals surface area contributed by atoms with Gasteiger partial charge in [-0.3, -0.25) is 0 Å². The molecular formula is C9H13ClF2O. The first-order chi connectivity index (χ1) is 6.04. The van der Waals surface area contributed by atoms with E-state index in [4.69, 9.17) is 11.6 Å². The quantitative estimate of drug-likeness (QED) is 0.515. The predicted molar refractivity (Wildman–Crippen MR) is 47.2 cm³/mol. The minimum Gasteiger partial charge on any atom is -0.303 e. The van der Waals surface area contributed by atoms with Gasteiger partial charge in [-0.05, 0) is 19.3 Å². The molecule has 0 aromatic rings. The zero-order chi connectivity index (χ0) is 9.95. The third kappa shape index (κ3) is 2.63. The molecule has 1 rings (SSSR count). The average Bonchev–Trinajstić information content (AvgIpc) is 2.40. The Morgan fingerprint density at radius 1 is 1.38 bits per heavy atom. The number of carbonyl (C=O) groups is 1. The van der Waals surface area contributed by atoms with Crippen molar-refractivity contribution in [2.75, 3.05) is 5.88 Å². The molecule has 0 aromatic heterocycles. The van der Waals surface area contributed by atoms with Gasteiger partial charge in [0.25, 0.3) is 0 Å². The number of aldehydes is 1. The fraction of sp³-hybridized carbons (Fsp3) is 0.889. The molecule has 1 nitrogen and oxygen atoms in total. The van der Waals surface area contributed by atoms with Gasteiger partial charge < -0.3 is 4.79 Å². The van der Waals surface area contributed by atoms with E-state index < -0.39 is 11.3 Å². The molecule has 4 heteroatoms. The van der Waals surface area contributed by atoms with E-state index in [2.05, 4.69) is 0 Å². The van der Waals surface area contributed by atoms with Gasteiger partial charge in [-0.1, -0.05) is 0 Å². The van der Waals surface area contributed by atoms with Gasteiger partial charge in [0, 0.05) is 24.1 Å². The third-order valence-corrected chi connectivity index (χ3v) is 2.92. The van der Waals surface area contributed by atoms with Crippen molar-refractivity contribution in [2.24, 2.45) is 5.41 Å². The summed E-state index contributed by atoms with van der Waals surface area (Å²) in [5.74, 6) is -2.21. The number of rotatable bonds is 4. The molecule has 0 amide bonds. The number of hydrogen-bond donors (Lipinski definition) is 0. The maximum Gasteiger partial charge on any atom is 0.249 e. The maximum atomic E-state index is 12.9. The summed E-state index contributed by atoms with van der Waals surface area (Å²) < 4.78 is 25.7. The topological polar surface area (TPSA) is 17.1 Å². The number of carbonyl (C=O) groups excluding carboxylic acids is 1. The molecule has 0 aliphatic heterocycles. The summed E-state index contributed by atoms with van der Waals surface area (Å²) in [6.45, 7) is 0. The molecule has 1 unspecified atom stereocenters.